The summed E-state index contributed by atoms with van der Waals surface area (Å²) in [4.78, 5) is 19.2. The number of hydrogen-bond donors (Lipinski definition) is 3. The van der Waals surface area contributed by atoms with Crippen molar-refractivity contribution in [3.63, 3.8) is 0 Å². The second-order valence-corrected chi connectivity index (χ2v) is 13.1. The Morgan fingerprint density at radius 1 is 0.900 bits per heavy atom. The van der Waals surface area contributed by atoms with Crippen molar-refractivity contribution in [2.45, 2.75) is 43.4 Å². The third-order valence-corrected chi connectivity index (χ3v) is 9.06. The lowest BCUT2D eigenvalue weighted by atomic mass is 9.82. The molecule has 1 heterocycles. The fraction of sp³-hybridized carbons (Fsp3) is 0.257. The normalized spacial score (nSPS) is 17.6. The van der Waals surface area contributed by atoms with Crippen LogP contribution in [0.5, 0.6) is 5.75 Å². The Morgan fingerprint density at radius 2 is 1.54 bits per heavy atom. The van der Waals surface area contributed by atoms with Crippen molar-refractivity contribution in [2.24, 2.45) is 4.99 Å². The highest BCUT2D eigenvalue weighted by atomic mass is 79.9. The molecule has 4 aromatic carbocycles. The molecule has 264 valence electrons. The summed E-state index contributed by atoms with van der Waals surface area (Å²) in [6.07, 6.45) is -10.6. The van der Waals surface area contributed by atoms with Gasteiger partial charge in [-0.2, -0.15) is 26.3 Å². The van der Waals surface area contributed by atoms with Gasteiger partial charge in [-0.15, -0.1) is 0 Å². The van der Waals surface area contributed by atoms with E-state index in [2.05, 4.69) is 42.7 Å². The van der Waals surface area contributed by atoms with Crippen LogP contribution in [0.4, 0.5) is 26.3 Å². The number of nitrogens with zero attached hydrogens (tertiary/aromatic N) is 1. The Morgan fingerprint density at radius 3 is 2.14 bits per heavy atom. The molecule has 0 fully saturated rings. The Labute approximate surface area is 299 Å². The standard InChI is InChI=1S/C35H29Br2F6N3O4/c36-27-10-6-22(7-11-27)30-33(19-24-4-1-2-5-29(24)37,45-31(50-30)23-8-12-28(13-9-23)49-15-3-14-47)32(48)46-44-20-21-16-25(34(38,39)40)18-26(17-21)35(41,42)43/h1-2,4-13,16-18,30,44,47H,3,14-15,19-20H2,(H,46,48)/t30-,33-/m0/s1. The maximum Gasteiger partial charge on any atom is 0.416 e. The van der Waals surface area contributed by atoms with Crippen LogP contribution < -0.4 is 15.6 Å². The topological polar surface area (TPSA) is 92.2 Å². The Balaban J connectivity index is 1.52. The van der Waals surface area contributed by atoms with Crippen LogP contribution in [0.2, 0.25) is 0 Å². The number of carbonyl (C=O) groups is 1. The van der Waals surface area contributed by atoms with Crippen LogP contribution in [-0.4, -0.2) is 35.7 Å². The smallest absolute Gasteiger partial charge is 0.416 e. The number of hydrogen-bond acceptors (Lipinski definition) is 6. The first-order valence-electron chi connectivity index (χ1n) is 15.1. The van der Waals surface area contributed by atoms with Crippen molar-refractivity contribution in [3.05, 3.63) is 133 Å². The number of ether oxygens (including phenoxy) is 2. The highest BCUT2D eigenvalue weighted by molar-refractivity contribution is 9.10. The van der Waals surface area contributed by atoms with Gasteiger partial charge in [0.25, 0.3) is 5.91 Å². The number of halogens is 8. The maximum absolute atomic E-state index is 14.4. The average Bonchev–Trinajstić information content (AvgIpc) is 3.46. The number of aliphatic hydroxyl groups is 1. The summed E-state index contributed by atoms with van der Waals surface area (Å²) in [5.41, 5.74) is 1.75. The van der Waals surface area contributed by atoms with E-state index >= 15 is 0 Å². The van der Waals surface area contributed by atoms with Crippen molar-refractivity contribution in [2.75, 3.05) is 13.2 Å². The van der Waals surface area contributed by atoms with Gasteiger partial charge in [0.1, 0.15) is 5.75 Å². The highest BCUT2D eigenvalue weighted by Crippen LogP contribution is 2.44. The second-order valence-electron chi connectivity index (χ2n) is 11.3. The predicted molar refractivity (Wildman–Crippen MR) is 180 cm³/mol. The van der Waals surface area contributed by atoms with E-state index in [1.54, 1.807) is 72.8 Å². The van der Waals surface area contributed by atoms with E-state index in [0.29, 0.717) is 52.1 Å². The van der Waals surface area contributed by atoms with Crippen LogP contribution in [0.1, 0.15) is 45.9 Å². The van der Waals surface area contributed by atoms with E-state index in [4.69, 9.17) is 19.6 Å². The number of alkyl halides is 6. The summed E-state index contributed by atoms with van der Waals surface area (Å²) < 4.78 is 94.3. The van der Waals surface area contributed by atoms with Crippen LogP contribution in [-0.2, 0) is 34.8 Å². The summed E-state index contributed by atoms with van der Waals surface area (Å²) >= 11 is 6.94. The van der Waals surface area contributed by atoms with Crippen molar-refractivity contribution in [3.8, 4) is 5.75 Å². The zero-order valence-electron chi connectivity index (χ0n) is 25.9. The molecule has 50 heavy (non-hydrogen) atoms. The van der Waals surface area contributed by atoms with Crippen LogP contribution in [0.3, 0.4) is 0 Å². The zero-order chi connectivity index (χ0) is 36.1. The largest absolute Gasteiger partial charge is 0.494 e. The minimum atomic E-state index is -5.03. The van der Waals surface area contributed by atoms with Crippen molar-refractivity contribution in [1.82, 2.24) is 10.9 Å². The van der Waals surface area contributed by atoms with Gasteiger partial charge in [-0.05, 0) is 77.4 Å². The molecule has 0 radical (unpaired) electrons. The molecule has 3 N–H and O–H groups in total. The van der Waals surface area contributed by atoms with Gasteiger partial charge in [0.15, 0.2) is 11.6 Å². The van der Waals surface area contributed by atoms with Crippen LogP contribution in [0, 0.1) is 0 Å². The number of aliphatic hydroxyl groups excluding tert-OH is 1. The Kier molecular flexibility index (Phi) is 11.6. The first-order valence-corrected chi connectivity index (χ1v) is 16.7. The number of benzene rings is 4. The molecule has 5 rings (SSSR count). The Hall–Kier alpha value is -3.92. The van der Waals surface area contributed by atoms with E-state index in [9.17, 15) is 31.1 Å². The fourth-order valence-electron chi connectivity index (χ4n) is 5.31. The van der Waals surface area contributed by atoms with Crippen LogP contribution in [0.15, 0.2) is 105 Å². The van der Waals surface area contributed by atoms with E-state index in [1.807, 2.05) is 0 Å². The molecular formula is C35H29Br2F6N3O4. The first kappa shape index (κ1) is 37.3. The van der Waals surface area contributed by atoms with Crippen molar-refractivity contribution < 1.29 is 45.7 Å². The Bertz CT molecular complexity index is 1800. The van der Waals surface area contributed by atoms with Gasteiger partial charge < -0.3 is 14.6 Å². The van der Waals surface area contributed by atoms with Crippen molar-refractivity contribution in [1.29, 1.82) is 0 Å². The summed E-state index contributed by atoms with van der Waals surface area (Å²) in [5, 5.41) is 9.04. The lowest BCUT2D eigenvalue weighted by Crippen LogP contribution is -2.53. The molecule has 7 nitrogen and oxygen atoms in total. The van der Waals surface area contributed by atoms with Gasteiger partial charge in [0, 0.05) is 40.5 Å². The van der Waals surface area contributed by atoms with Gasteiger partial charge in [-0.25, -0.2) is 10.4 Å². The predicted octanol–water partition coefficient (Wildman–Crippen LogP) is 8.33. The number of hydrazine groups is 1. The molecule has 0 spiro atoms. The SMILES string of the molecule is O=C(NNCc1cc(C(F)(F)F)cc(C(F)(F)F)c1)[C@@]1(Cc2ccccc2Br)N=C(c2ccc(OCCCO)cc2)O[C@H]1c1ccc(Br)cc1. The second kappa shape index (κ2) is 15.5. The lowest BCUT2D eigenvalue weighted by molar-refractivity contribution is -0.143. The molecule has 15 heteroatoms. The third-order valence-electron chi connectivity index (χ3n) is 7.76. The van der Waals surface area contributed by atoms with Gasteiger partial charge in [0.05, 0.1) is 17.7 Å². The minimum absolute atomic E-state index is 0.0176. The zero-order valence-corrected chi connectivity index (χ0v) is 29.1. The van der Waals surface area contributed by atoms with Crippen molar-refractivity contribution >= 4 is 43.7 Å². The summed E-state index contributed by atoms with van der Waals surface area (Å²) in [7, 11) is 0. The molecule has 0 saturated carbocycles. The van der Waals surface area contributed by atoms with E-state index in [0.717, 1.165) is 4.47 Å². The quantitative estimate of drug-likeness (QED) is 0.0760. The first-order chi connectivity index (χ1) is 23.7. The number of rotatable bonds is 12. The highest BCUT2D eigenvalue weighted by Gasteiger charge is 2.53. The lowest BCUT2D eigenvalue weighted by Gasteiger charge is -2.31. The molecule has 0 aliphatic carbocycles. The summed E-state index contributed by atoms with van der Waals surface area (Å²) in [6.45, 7) is -0.285. The number of carbonyl (C=O) groups excluding carboxylic acids is 1. The molecule has 0 unspecified atom stereocenters. The summed E-state index contributed by atoms with van der Waals surface area (Å²) in [6, 6.07) is 22.2. The monoisotopic (exact) mass is 827 g/mol. The van der Waals surface area contributed by atoms with E-state index in [-0.39, 0.29) is 30.6 Å². The maximum atomic E-state index is 14.4. The third kappa shape index (κ3) is 8.86. The molecule has 0 bridgehead atoms. The van der Waals surface area contributed by atoms with Gasteiger partial charge in [0.2, 0.25) is 5.90 Å². The van der Waals surface area contributed by atoms with E-state index in [1.165, 1.54) is 0 Å². The molecule has 1 aliphatic heterocycles. The van der Waals surface area contributed by atoms with Gasteiger partial charge in [-0.1, -0.05) is 62.2 Å². The minimum Gasteiger partial charge on any atom is -0.494 e. The number of aliphatic imine (C=N–C) groups is 1. The fourth-order valence-corrected chi connectivity index (χ4v) is 6.00. The van der Waals surface area contributed by atoms with E-state index < -0.39 is 47.6 Å². The summed E-state index contributed by atoms with van der Waals surface area (Å²) in [5.74, 6) is -0.0900. The van der Waals surface area contributed by atoms with Gasteiger partial charge >= 0.3 is 12.4 Å². The molecule has 0 aromatic heterocycles. The van der Waals surface area contributed by atoms with Gasteiger partial charge in [-0.3, -0.25) is 10.2 Å². The molecule has 0 saturated heterocycles. The van der Waals surface area contributed by atoms with Crippen LogP contribution >= 0.6 is 31.9 Å². The molecular weight excluding hydrogens is 800 g/mol. The molecule has 1 aliphatic rings. The molecule has 4 aromatic rings. The average molecular weight is 829 g/mol. The number of nitrogens with one attached hydrogen (secondary N) is 2. The van der Waals surface area contributed by atoms with Crippen LogP contribution in [0.25, 0.3) is 0 Å². The number of amides is 1. The molecule has 2 atom stereocenters. The molecule has 1 amide bonds.